The molecule has 0 bridgehead atoms. The summed E-state index contributed by atoms with van der Waals surface area (Å²) in [6.07, 6.45) is 3.57. The molecule has 0 aromatic carbocycles. The maximum atomic E-state index is 13.1. The zero-order chi connectivity index (χ0) is 24.2. The first kappa shape index (κ1) is 25.9. The summed E-state index contributed by atoms with van der Waals surface area (Å²) in [6, 6.07) is -1.61. The van der Waals surface area contributed by atoms with Gasteiger partial charge in [-0.05, 0) is 51.5 Å². The molecule has 1 fully saturated rings. The lowest BCUT2D eigenvalue weighted by Crippen LogP contribution is -2.50. The number of aromatic amines is 1. The molecule has 9 nitrogen and oxygen atoms in total. The second kappa shape index (κ2) is 11.1. The molecule has 2 aliphatic rings. The molecule has 1 aromatic rings. The van der Waals surface area contributed by atoms with Crippen molar-refractivity contribution in [1.29, 1.82) is 0 Å². The number of carboxylic acids is 1. The number of Topliss-reactive ketones (excluding diaryl/α,β-unsaturated/α-hetero) is 1. The minimum atomic E-state index is -1.05. The van der Waals surface area contributed by atoms with Crippen molar-refractivity contribution >= 4 is 41.4 Å². The third-order valence-electron chi connectivity index (χ3n) is 5.59. The van der Waals surface area contributed by atoms with Crippen LogP contribution in [0.5, 0.6) is 0 Å². The average molecular weight is 499 g/mol. The number of aromatic nitrogens is 2. The Balaban J connectivity index is 1.71. The SMILES string of the molecule is CC(C)(C)OC(=O)N1Cc2[nH]c(C3CCCCS3)nc2C[C@H]1C(=O)CSCC[C@H](N)C(=O)O. The van der Waals surface area contributed by atoms with Gasteiger partial charge in [-0.15, -0.1) is 0 Å². The van der Waals surface area contributed by atoms with E-state index < -0.39 is 29.7 Å². The van der Waals surface area contributed by atoms with Crippen molar-refractivity contribution < 1.29 is 24.2 Å². The normalized spacial score (nSPS) is 21.9. The first-order valence-electron chi connectivity index (χ1n) is 11.3. The van der Waals surface area contributed by atoms with E-state index in [9.17, 15) is 14.4 Å². The number of amides is 1. The number of carbonyl (C=O) groups is 3. The van der Waals surface area contributed by atoms with Gasteiger partial charge in [0, 0.05) is 6.42 Å². The summed E-state index contributed by atoms with van der Waals surface area (Å²) >= 11 is 3.23. The first-order valence-corrected chi connectivity index (χ1v) is 13.5. The second-order valence-corrected chi connectivity index (χ2v) is 11.9. The molecule has 0 saturated carbocycles. The molecular weight excluding hydrogens is 464 g/mol. The smallest absolute Gasteiger partial charge is 0.411 e. The van der Waals surface area contributed by atoms with E-state index in [0.29, 0.717) is 17.4 Å². The Morgan fingerprint density at radius 2 is 2.12 bits per heavy atom. The van der Waals surface area contributed by atoms with Gasteiger partial charge in [0.25, 0.3) is 0 Å². The predicted molar refractivity (Wildman–Crippen MR) is 129 cm³/mol. The van der Waals surface area contributed by atoms with Crippen molar-refractivity contribution in [2.24, 2.45) is 5.73 Å². The zero-order valence-corrected chi connectivity index (χ0v) is 21.1. The predicted octanol–water partition coefficient (Wildman–Crippen LogP) is 3.13. The van der Waals surface area contributed by atoms with Gasteiger partial charge in [-0.1, -0.05) is 6.42 Å². The van der Waals surface area contributed by atoms with E-state index in [1.54, 1.807) is 20.8 Å². The lowest BCUT2D eigenvalue weighted by Gasteiger charge is -2.35. The summed E-state index contributed by atoms with van der Waals surface area (Å²) in [7, 11) is 0. The largest absolute Gasteiger partial charge is 0.480 e. The first-order chi connectivity index (χ1) is 15.5. The highest BCUT2D eigenvalue weighted by Gasteiger charge is 2.38. The van der Waals surface area contributed by atoms with Gasteiger partial charge in [-0.2, -0.15) is 23.5 Å². The number of hydrogen-bond acceptors (Lipinski definition) is 8. The monoisotopic (exact) mass is 498 g/mol. The summed E-state index contributed by atoms with van der Waals surface area (Å²) < 4.78 is 5.59. The average Bonchev–Trinajstić information content (AvgIpc) is 3.18. The van der Waals surface area contributed by atoms with Gasteiger partial charge in [-0.25, -0.2) is 9.78 Å². The van der Waals surface area contributed by atoms with E-state index in [1.807, 2.05) is 11.8 Å². The number of ketones is 1. The number of hydrogen-bond donors (Lipinski definition) is 3. The lowest BCUT2D eigenvalue weighted by molar-refractivity contribution is -0.138. The van der Waals surface area contributed by atoms with Crippen LogP contribution in [0.1, 0.15) is 68.9 Å². The fourth-order valence-electron chi connectivity index (χ4n) is 3.85. The van der Waals surface area contributed by atoms with E-state index in [-0.39, 0.29) is 24.5 Å². The third kappa shape index (κ3) is 7.13. The number of carboxylic acid groups (broad SMARTS) is 1. The van der Waals surface area contributed by atoms with Gasteiger partial charge in [0.15, 0.2) is 5.78 Å². The highest BCUT2D eigenvalue weighted by atomic mass is 32.2. The van der Waals surface area contributed by atoms with Crippen LogP contribution in [0, 0.1) is 0 Å². The maximum Gasteiger partial charge on any atom is 0.411 e. The van der Waals surface area contributed by atoms with Crippen molar-refractivity contribution in [1.82, 2.24) is 14.9 Å². The van der Waals surface area contributed by atoms with Gasteiger partial charge >= 0.3 is 12.1 Å². The van der Waals surface area contributed by atoms with E-state index in [0.717, 1.165) is 29.4 Å². The maximum absolute atomic E-state index is 13.1. The van der Waals surface area contributed by atoms with E-state index in [1.165, 1.54) is 29.5 Å². The quantitative estimate of drug-likeness (QED) is 0.461. The molecule has 2 aliphatic heterocycles. The molecule has 1 saturated heterocycles. The highest BCUT2D eigenvalue weighted by molar-refractivity contribution is 8.00. The molecule has 0 aliphatic carbocycles. The standard InChI is InChI=1S/C22H34N4O5S2/c1-22(2,3)31-21(30)26-11-15-14(24-19(25-15)18-6-4-5-8-33-18)10-16(26)17(27)12-32-9-7-13(23)20(28)29/h13,16,18H,4-12,23H2,1-3H3,(H,24,25)(H,28,29)/t13-,16-,18?/m0/s1. The van der Waals surface area contributed by atoms with Gasteiger partial charge in [0.2, 0.25) is 0 Å². The Kier molecular flexibility index (Phi) is 8.74. The van der Waals surface area contributed by atoms with E-state index in [4.69, 9.17) is 20.6 Å². The fraction of sp³-hybridized carbons (Fsp3) is 0.727. The number of aliphatic carboxylic acids is 1. The number of H-pyrrole nitrogens is 1. The molecule has 0 spiro atoms. The minimum absolute atomic E-state index is 0.100. The molecule has 1 amide bonds. The summed E-state index contributed by atoms with van der Waals surface area (Å²) in [5, 5.41) is 9.22. The Morgan fingerprint density at radius 1 is 1.36 bits per heavy atom. The molecule has 184 valence electrons. The summed E-state index contributed by atoms with van der Waals surface area (Å²) in [4.78, 5) is 46.7. The summed E-state index contributed by atoms with van der Waals surface area (Å²) in [5.41, 5.74) is 6.56. The molecule has 1 aromatic heterocycles. The number of nitrogens with zero attached hydrogens (tertiary/aromatic N) is 2. The molecule has 3 rings (SSSR count). The van der Waals surface area contributed by atoms with Crippen LogP contribution in [0.3, 0.4) is 0 Å². The van der Waals surface area contributed by atoms with Crippen LogP contribution < -0.4 is 5.73 Å². The zero-order valence-electron chi connectivity index (χ0n) is 19.5. The lowest BCUT2D eigenvalue weighted by atomic mass is 10.00. The van der Waals surface area contributed by atoms with Crippen molar-refractivity contribution in [3.63, 3.8) is 0 Å². The number of carbonyl (C=O) groups excluding carboxylic acids is 2. The van der Waals surface area contributed by atoms with Crippen molar-refractivity contribution in [2.45, 2.75) is 82.4 Å². The number of rotatable bonds is 8. The van der Waals surface area contributed by atoms with Gasteiger partial charge < -0.3 is 20.6 Å². The number of thioether (sulfide) groups is 2. The number of fused-ring (bicyclic) bond motifs is 1. The van der Waals surface area contributed by atoms with Crippen molar-refractivity contribution in [3.8, 4) is 0 Å². The molecule has 11 heteroatoms. The van der Waals surface area contributed by atoms with E-state index >= 15 is 0 Å². The molecule has 4 N–H and O–H groups in total. The van der Waals surface area contributed by atoms with E-state index in [2.05, 4.69) is 4.98 Å². The van der Waals surface area contributed by atoms with Crippen molar-refractivity contribution in [3.05, 3.63) is 17.2 Å². The Labute approximate surface area is 203 Å². The van der Waals surface area contributed by atoms with Crippen molar-refractivity contribution in [2.75, 3.05) is 17.3 Å². The minimum Gasteiger partial charge on any atom is -0.480 e. The van der Waals surface area contributed by atoms with Gasteiger partial charge in [0.1, 0.15) is 23.5 Å². The summed E-state index contributed by atoms with van der Waals surface area (Å²) in [5.74, 6) is 1.51. The molecule has 33 heavy (non-hydrogen) atoms. The molecule has 3 heterocycles. The van der Waals surface area contributed by atoms with Gasteiger partial charge in [0.05, 0.1) is 28.9 Å². The molecule has 1 unspecified atom stereocenters. The Hall–Kier alpha value is -1.72. The van der Waals surface area contributed by atoms with Crippen LogP contribution in [0.25, 0.3) is 0 Å². The number of nitrogens with one attached hydrogen (secondary N) is 1. The molecular formula is C22H34N4O5S2. The highest BCUT2D eigenvalue weighted by Crippen LogP contribution is 2.38. The third-order valence-corrected chi connectivity index (χ3v) is 7.99. The van der Waals surface area contributed by atoms with Crippen LogP contribution in [0.15, 0.2) is 0 Å². The number of nitrogens with two attached hydrogens (primary N) is 1. The number of imidazole rings is 1. The fourth-order valence-corrected chi connectivity index (χ4v) is 6.07. The molecule has 0 radical (unpaired) electrons. The van der Waals surface area contributed by atoms with Crippen LogP contribution in [-0.4, -0.2) is 72.8 Å². The topological polar surface area (TPSA) is 139 Å². The summed E-state index contributed by atoms with van der Waals surface area (Å²) in [6.45, 7) is 5.65. The Morgan fingerprint density at radius 3 is 2.76 bits per heavy atom. The second-order valence-electron chi connectivity index (χ2n) is 9.48. The van der Waals surface area contributed by atoms with Gasteiger partial charge in [-0.3, -0.25) is 14.5 Å². The Bertz CT molecular complexity index is 863. The van der Waals surface area contributed by atoms with Crippen LogP contribution in [0.2, 0.25) is 0 Å². The van der Waals surface area contributed by atoms with Crippen LogP contribution in [-0.2, 0) is 27.3 Å². The number of ether oxygens (including phenoxy) is 1. The molecule has 3 atom stereocenters. The van der Waals surface area contributed by atoms with Crippen LogP contribution in [0.4, 0.5) is 4.79 Å². The van der Waals surface area contributed by atoms with Crippen LogP contribution >= 0.6 is 23.5 Å².